The molecule has 1 atom stereocenters. The van der Waals surface area contributed by atoms with Gasteiger partial charge in [0.2, 0.25) is 0 Å². The van der Waals surface area contributed by atoms with Crippen LogP contribution in [0.4, 0.5) is 0 Å². The Hall–Kier alpha value is -1.52. The van der Waals surface area contributed by atoms with E-state index in [0.29, 0.717) is 12.3 Å². The molecule has 2 heterocycles. The average Bonchev–Trinajstić information content (AvgIpc) is 2.96. The molecule has 0 aromatic carbocycles. The lowest BCUT2D eigenvalue weighted by atomic mass is 10.2. The van der Waals surface area contributed by atoms with Crippen LogP contribution in [0.1, 0.15) is 30.2 Å². The Balaban J connectivity index is 1.87. The van der Waals surface area contributed by atoms with Crippen molar-refractivity contribution < 1.29 is 13.9 Å². The summed E-state index contributed by atoms with van der Waals surface area (Å²) < 4.78 is 10.6. The molecule has 2 aromatic rings. The maximum absolute atomic E-state index is 8.85. The number of hydrogen-bond donors (Lipinski definition) is 2. The van der Waals surface area contributed by atoms with Gasteiger partial charge in [-0.15, -0.1) is 0 Å². The molecule has 0 saturated heterocycles. The quantitative estimate of drug-likeness (QED) is 0.812. The third-order valence-corrected chi connectivity index (χ3v) is 2.43. The lowest BCUT2D eigenvalue weighted by Crippen LogP contribution is -2.17. The molecule has 0 bridgehead atoms. The van der Waals surface area contributed by atoms with Gasteiger partial charge in [0, 0.05) is 0 Å². The Morgan fingerprint density at radius 3 is 2.75 bits per heavy atom. The molecule has 2 N–H and O–H groups in total. The van der Waals surface area contributed by atoms with Crippen molar-refractivity contribution in [3.8, 4) is 0 Å². The summed E-state index contributed by atoms with van der Waals surface area (Å²) in [4.78, 5) is 0. The van der Waals surface area contributed by atoms with Crippen molar-refractivity contribution in [2.24, 2.45) is 0 Å². The first-order valence-electron chi connectivity index (χ1n) is 5.25. The van der Waals surface area contributed by atoms with Crippen LogP contribution in [-0.2, 0) is 13.2 Å². The average molecular weight is 221 g/mol. The van der Waals surface area contributed by atoms with Crippen LogP contribution in [-0.4, -0.2) is 5.11 Å². The number of furan rings is 2. The van der Waals surface area contributed by atoms with Gasteiger partial charge in [0.1, 0.15) is 23.9 Å². The van der Waals surface area contributed by atoms with E-state index in [0.717, 1.165) is 11.5 Å². The number of aliphatic hydroxyl groups excluding tert-OH is 1. The number of nitrogens with one attached hydrogen (secondary N) is 1. The van der Waals surface area contributed by atoms with Crippen molar-refractivity contribution in [1.29, 1.82) is 0 Å². The Morgan fingerprint density at radius 1 is 1.31 bits per heavy atom. The molecule has 0 saturated carbocycles. The molecule has 86 valence electrons. The minimum Gasteiger partial charge on any atom is -0.468 e. The van der Waals surface area contributed by atoms with Crippen LogP contribution >= 0.6 is 0 Å². The summed E-state index contributed by atoms with van der Waals surface area (Å²) in [5.74, 6) is 2.29. The van der Waals surface area contributed by atoms with E-state index >= 15 is 0 Å². The summed E-state index contributed by atoms with van der Waals surface area (Å²) in [5, 5.41) is 12.1. The third-order valence-electron chi connectivity index (χ3n) is 2.43. The maximum atomic E-state index is 8.85. The Bertz CT molecular complexity index is 419. The second-order valence-corrected chi connectivity index (χ2v) is 3.64. The lowest BCUT2D eigenvalue weighted by molar-refractivity contribution is 0.242. The second-order valence-electron chi connectivity index (χ2n) is 3.64. The first kappa shape index (κ1) is 11.0. The normalized spacial score (nSPS) is 12.9. The molecule has 0 amide bonds. The standard InChI is InChI=1S/C12H15NO3/c1-9(12-3-2-6-15-12)13-7-10-4-5-11(8-14)16-10/h2-6,9,13-14H,7-8H2,1H3/t9-/m1/s1. The molecule has 4 nitrogen and oxygen atoms in total. The van der Waals surface area contributed by atoms with Gasteiger partial charge in [-0.2, -0.15) is 0 Å². The van der Waals surface area contributed by atoms with Gasteiger partial charge in [0.25, 0.3) is 0 Å². The molecule has 0 aliphatic heterocycles. The summed E-state index contributed by atoms with van der Waals surface area (Å²) in [6.07, 6.45) is 1.66. The van der Waals surface area contributed by atoms with Crippen LogP contribution in [0.5, 0.6) is 0 Å². The molecule has 2 aromatic heterocycles. The number of rotatable bonds is 5. The van der Waals surface area contributed by atoms with E-state index in [9.17, 15) is 0 Å². The molecule has 0 fully saturated rings. The van der Waals surface area contributed by atoms with E-state index in [-0.39, 0.29) is 12.6 Å². The molecule has 4 heteroatoms. The van der Waals surface area contributed by atoms with Crippen molar-refractivity contribution in [3.63, 3.8) is 0 Å². The SMILES string of the molecule is C[C@@H](NCc1ccc(CO)o1)c1ccco1. The van der Waals surface area contributed by atoms with Crippen molar-refractivity contribution in [2.45, 2.75) is 26.1 Å². The van der Waals surface area contributed by atoms with Crippen LogP contribution in [0.25, 0.3) is 0 Å². The minimum atomic E-state index is -0.0618. The third kappa shape index (κ3) is 2.53. The molecular formula is C12H15NO3. The minimum absolute atomic E-state index is 0.0618. The van der Waals surface area contributed by atoms with Crippen molar-refractivity contribution in [3.05, 3.63) is 47.8 Å². The van der Waals surface area contributed by atoms with Gasteiger partial charge in [0.05, 0.1) is 18.8 Å². The number of hydrogen-bond acceptors (Lipinski definition) is 4. The predicted octanol–water partition coefficient (Wildman–Crippen LogP) is 2.22. The zero-order valence-electron chi connectivity index (χ0n) is 9.14. The van der Waals surface area contributed by atoms with Gasteiger partial charge in [0.15, 0.2) is 0 Å². The van der Waals surface area contributed by atoms with Crippen LogP contribution in [0.15, 0.2) is 39.4 Å². The van der Waals surface area contributed by atoms with Gasteiger partial charge in [-0.3, -0.25) is 0 Å². The molecule has 16 heavy (non-hydrogen) atoms. The van der Waals surface area contributed by atoms with Crippen LogP contribution in [0.3, 0.4) is 0 Å². The molecular weight excluding hydrogens is 206 g/mol. The zero-order chi connectivity index (χ0) is 11.4. The zero-order valence-corrected chi connectivity index (χ0v) is 9.14. The molecule has 0 unspecified atom stereocenters. The summed E-state index contributed by atoms with van der Waals surface area (Å²) >= 11 is 0. The molecule has 0 aliphatic rings. The second kappa shape index (κ2) is 5.01. The number of aliphatic hydroxyl groups is 1. The van der Waals surface area contributed by atoms with E-state index in [1.807, 2.05) is 25.1 Å². The van der Waals surface area contributed by atoms with E-state index in [2.05, 4.69) is 5.32 Å². The van der Waals surface area contributed by atoms with Gasteiger partial charge in [-0.05, 0) is 31.2 Å². The monoisotopic (exact) mass is 221 g/mol. The van der Waals surface area contributed by atoms with Gasteiger partial charge >= 0.3 is 0 Å². The molecule has 0 aliphatic carbocycles. The van der Waals surface area contributed by atoms with Gasteiger partial charge in [-0.1, -0.05) is 0 Å². The van der Waals surface area contributed by atoms with E-state index in [4.69, 9.17) is 13.9 Å². The Labute approximate surface area is 93.9 Å². The first-order valence-corrected chi connectivity index (χ1v) is 5.25. The Kier molecular flexibility index (Phi) is 3.44. The summed E-state index contributed by atoms with van der Waals surface area (Å²) in [5.41, 5.74) is 0. The fourth-order valence-electron chi connectivity index (χ4n) is 1.49. The van der Waals surface area contributed by atoms with Crippen molar-refractivity contribution >= 4 is 0 Å². The highest BCUT2D eigenvalue weighted by molar-refractivity contribution is 5.07. The van der Waals surface area contributed by atoms with Crippen LogP contribution in [0, 0.1) is 0 Å². The van der Waals surface area contributed by atoms with Gasteiger partial charge in [-0.25, -0.2) is 0 Å². The van der Waals surface area contributed by atoms with Crippen LogP contribution < -0.4 is 5.32 Å². The molecule has 2 rings (SSSR count). The van der Waals surface area contributed by atoms with Crippen molar-refractivity contribution in [1.82, 2.24) is 5.32 Å². The fraction of sp³-hybridized carbons (Fsp3) is 0.333. The smallest absolute Gasteiger partial charge is 0.129 e. The predicted molar refractivity (Wildman–Crippen MR) is 58.6 cm³/mol. The molecule has 0 spiro atoms. The topological polar surface area (TPSA) is 58.5 Å². The summed E-state index contributed by atoms with van der Waals surface area (Å²) in [6.45, 7) is 2.57. The van der Waals surface area contributed by atoms with Crippen molar-refractivity contribution in [2.75, 3.05) is 0 Å². The fourth-order valence-corrected chi connectivity index (χ4v) is 1.49. The van der Waals surface area contributed by atoms with Crippen LogP contribution in [0.2, 0.25) is 0 Å². The highest BCUT2D eigenvalue weighted by Gasteiger charge is 2.08. The van der Waals surface area contributed by atoms with E-state index in [1.165, 1.54) is 0 Å². The largest absolute Gasteiger partial charge is 0.468 e. The highest BCUT2D eigenvalue weighted by atomic mass is 16.4. The summed E-state index contributed by atoms with van der Waals surface area (Å²) in [7, 11) is 0. The molecule has 0 radical (unpaired) electrons. The van der Waals surface area contributed by atoms with E-state index < -0.39 is 0 Å². The first-order chi connectivity index (χ1) is 7.79. The summed E-state index contributed by atoms with van der Waals surface area (Å²) in [6, 6.07) is 7.56. The van der Waals surface area contributed by atoms with E-state index in [1.54, 1.807) is 12.3 Å². The lowest BCUT2D eigenvalue weighted by Gasteiger charge is -2.09. The highest BCUT2D eigenvalue weighted by Crippen LogP contribution is 2.14. The maximum Gasteiger partial charge on any atom is 0.129 e. The Morgan fingerprint density at radius 2 is 2.12 bits per heavy atom. The van der Waals surface area contributed by atoms with Gasteiger partial charge < -0.3 is 19.3 Å².